The first kappa shape index (κ1) is 19.5. The summed E-state index contributed by atoms with van der Waals surface area (Å²) in [4.78, 5) is 16.8. The van der Waals surface area contributed by atoms with Crippen molar-refractivity contribution in [3.63, 3.8) is 0 Å². The molecule has 7 nitrogen and oxygen atoms in total. The van der Waals surface area contributed by atoms with E-state index in [0.717, 1.165) is 22.6 Å². The van der Waals surface area contributed by atoms with E-state index in [1.54, 1.807) is 32.4 Å². The number of rotatable bonds is 6. The van der Waals surface area contributed by atoms with Crippen molar-refractivity contribution in [2.75, 3.05) is 32.0 Å². The molecule has 8 heteroatoms. The van der Waals surface area contributed by atoms with Crippen molar-refractivity contribution in [1.29, 1.82) is 0 Å². The fourth-order valence-electron chi connectivity index (χ4n) is 2.65. The summed E-state index contributed by atoms with van der Waals surface area (Å²) >= 11 is 1.35. The molecule has 0 fully saturated rings. The van der Waals surface area contributed by atoms with E-state index in [0.29, 0.717) is 22.3 Å². The molecular weight excluding hydrogens is 378 g/mol. The quantitative estimate of drug-likeness (QED) is 0.623. The highest BCUT2D eigenvalue weighted by atomic mass is 32.1. The molecule has 0 spiro atoms. The van der Waals surface area contributed by atoms with Crippen molar-refractivity contribution in [2.45, 2.75) is 6.92 Å². The minimum Gasteiger partial charge on any atom is -0.497 e. The lowest BCUT2D eigenvalue weighted by Crippen LogP contribution is -2.19. The second-order valence-electron chi connectivity index (χ2n) is 5.87. The second-order valence-corrected chi connectivity index (χ2v) is 6.73. The number of nitrogens with one attached hydrogen (secondary N) is 2. The van der Waals surface area contributed by atoms with Crippen LogP contribution >= 0.6 is 11.3 Å². The molecule has 2 amide bonds. The maximum Gasteiger partial charge on any atom is 0.325 e. The molecule has 1 heterocycles. The fourth-order valence-corrected chi connectivity index (χ4v) is 3.37. The van der Waals surface area contributed by atoms with Crippen molar-refractivity contribution in [1.82, 2.24) is 4.98 Å². The average Bonchev–Trinajstić information content (AvgIpc) is 3.16. The van der Waals surface area contributed by atoms with Gasteiger partial charge in [0.05, 0.1) is 32.7 Å². The monoisotopic (exact) mass is 399 g/mol. The van der Waals surface area contributed by atoms with Gasteiger partial charge in [0.25, 0.3) is 0 Å². The van der Waals surface area contributed by atoms with Gasteiger partial charge in [-0.15, -0.1) is 11.3 Å². The highest BCUT2D eigenvalue weighted by Crippen LogP contribution is 2.30. The van der Waals surface area contributed by atoms with Gasteiger partial charge in [0, 0.05) is 17.0 Å². The van der Waals surface area contributed by atoms with Gasteiger partial charge in [-0.2, -0.15) is 0 Å². The number of amides is 2. The van der Waals surface area contributed by atoms with Crippen LogP contribution in [-0.4, -0.2) is 32.3 Å². The Labute approximate surface area is 167 Å². The van der Waals surface area contributed by atoms with E-state index >= 15 is 0 Å². The van der Waals surface area contributed by atoms with E-state index in [1.807, 2.05) is 30.5 Å². The lowest BCUT2D eigenvalue weighted by atomic mass is 10.1. The van der Waals surface area contributed by atoms with Crippen LogP contribution < -0.4 is 24.8 Å². The zero-order valence-electron chi connectivity index (χ0n) is 16.0. The number of aromatic nitrogens is 1. The summed E-state index contributed by atoms with van der Waals surface area (Å²) in [7, 11) is 4.74. The minimum atomic E-state index is -0.407. The fraction of sp³-hybridized carbons (Fsp3) is 0.200. The number of benzene rings is 2. The first-order valence-electron chi connectivity index (χ1n) is 8.44. The third-order valence-corrected chi connectivity index (χ3v) is 4.83. The molecule has 0 saturated heterocycles. The summed E-state index contributed by atoms with van der Waals surface area (Å²) in [5.74, 6) is 1.97. The molecule has 0 atom stereocenters. The van der Waals surface area contributed by atoms with Gasteiger partial charge in [0.15, 0.2) is 5.13 Å². The molecule has 0 aliphatic heterocycles. The molecule has 2 N–H and O–H groups in total. The molecule has 3 aromatic rings. The normalized spacial score (nSPS) is 10.3. The number of aryl methyl sites for hydroxylation is 1. The van der Waals surface area contributed by atoms with Gasteiger partial charge in [0.1, 0.15) is 17.2 Å². The van der Waals surface area contributed by atoms with Crippen LogP contribution in [-0.2, 0) is 0 Å². The van der Waals surface area contributed by atoms with Gasteiger partial charge in [-0.05, 0) is 42.8 Å². The Kier molecular flexibility index (Phi) is 6.00. The van der Waals surface area contributed by atoms with Crippen LogP contribution in [0.25, 0.3) is 11.3 Å². The minimum absolute atomic E-state index is 0.407. The maximum absolute atomic E-state index is 12.3. The van der Waals surface area contributed by atoms with E-state index in [1.165, 1.54) is 18.4 Å². The molecule has 0 saturated carbocycles. The molecule has 0 radical (unpaired) electrons. The van der Waals surface area contributed by atoms with E-state index in [9.17, 15) is 4.79 Å². The van der Waals surface area contributed by atoms with E-state index in [4.69, 9.17) is 14.2 Å². The SMILES string of the molecule is COc1ccc(NC(=O)Nc2nc(-c3ccc(OC)c(C)c3)cs2)c(OC)c1. The Hall–Kier alpha value is -3.26. The summed E-state index contributed by atoms with van der Waals surface area (Å²) < 4.78 is 15.7. The first-order chi connectivity index (χ1) is 13.5. The van der Waals surface area contributed by atoms with Crippen LogP contribution in [0.4, 0.5) is 15.6 Å². The number of hydrogen-bond acceptors (Lipinski definition) is 6. The molecule has 2 aromatic carbocycles. The number of urea groups is 1. The van der Waals surface area contributed by atoms with Gasteiger partial charge >= 0.3 is 6.03 Å². The maximum atomic E-state index is 12.3. The molecule has 28 heavy (non-hydrogen) atoms. The molecule has 0 aliphatic rings. The summed E-state index contributed by atoms with van der Waals surface area (Å²) in [6.07, 6.45) is 0. The lowest BCUT2D eigenvalue weighted by Gasteiger charge is -2.11. The molecule has 0 bridgehead atoms. The highest BCUT2D eigenvalue weighted by molar-refractivity contribution is 7.14. The van der Waals surface area contributed by atoms with Crippen LogP contribution in [0.1, 0.15) is 5.56 Å². The molecule has 0 aliphatic carbocycles. The third kappa shape index (κ3) is 4.34. The average molecular weight is 399 g/mol. The topological polar surface area (TPSA) is 81.7 Å². The van der Waals surface area contributed by atoms with Crippen LogP contribution in [0.15, 0.2) is 41.8 Å². The van der Waals surface area contributed by atoms with Crippen molar-refractivity contribution in [2.24, 2.45) is 0 Å². The van der Waals surface area contributed by atoms with Gasteiger partial charge in [-0.25, -0.2) is 9.78 Å². The van der Waals surface area contributed by atoms with Crippen LogP contribution in [0.5, 0.6) is 17.2 Å². The largest absolute Gasteiger partial charge is 0.497 e. The van der Waals surface area contributed by atoms with E-state index in [-0.39, 0.29) is 0 Å². The Balaban J connectivity index is 1.70. The number of nitrogens with zero attached hydrogens (tertiary/aromatic N) is 1. The Bertz CT molecular complexity index is 987. The number of hydrogen-bond donors (Lipinski definition) is 2. The lowest BCUT2D eigenvalue weighted by molar-refractivity contribution is 0.262. The number of carbonyl (C=O) groups excluding carboxylic acids is 1. The van der Waals surface area contributed by atoms with Crippen LogP contribution in [0, 0.1) is 6.92 Å². The predicted octanol–water partition coefficient (Wildman–Crippen LogP) is 4.79. The summed E-state index contributed by atoms with van der Waals surface area (Å²) in [6.45, 7) is 1.98. The van der Waals surface area contributed by atoms with Crippen LogP contribution in [0.2, 0.25) is 0 Å². The molecule has 0 unspecified atom stereocenters. The Morgan fingerprint density at radius 1 is 0.964 bits per heavy atom. The summed E-state index contributed by atoms with van der Waals surface area (Å²) in [5.41, 5.74) is 3.29. The number of anilines is 2. The van der Waals surface area contributed by atoms with Crippen molar-refractivity contribution < 1.29 is 19.0 Å². The van der Waals surface area contributed by atoms with Crippen molar-refractivity contribution in [3.05, 3.63) is 47.3 Å². The molecular formula is C20H21N3O4S. The van der Waals surface area contributed by atoms with E-state index < -0.39 is 6.03 Å². The Morgan fingerprint density at radius 3 is 2.43 bits per heavy atom. The first-order valence-corrected chi connectivity index (χ1v) is 9.32. The number of methoxy groups -OCH3 is 3. The molecule has 3 rings (SSSR count). The Morgan fingerprint density at radius 2 is 1.75 bits per heavy atom. The zero-order chi connectivity index (χ0) is 20.1. The number of carbonyl (C=O) groups is 1. The van der Waals surface area contributed by atoms with Gasteiger partial charge < -0.3 is 19.5 Å². The molecule has 146 valence electrons. The van der Waals surface area contributed by atoms with E-state index in [2.05, 4.69) is 15.6 Å². The van der Waals surface area contributed by atoms with Gasteiger partial charge in [-0.3, -0.25) is 5.32 Å². The number of ether oxygens (including phenoxy) is 3. The van der Waals surface area contributed by atoms with Crippen molar-refractivity contribution >= 4 is 28.2 Å². The third-order valence-electron chi connectivity index (χ3n) is 4.07. The zero-order valence-corrected chi connectivity index (χ0v) is 16.8. The van der Waals surface area contributed by atoms with Gasteiger partial charge in [-0.1, -0.05) is 0 Å². The van der Waals surface area contributed by atoms with Crippen LogP contribution in [0.3, 0.4) is 0 Å². The standard InChI is InChI=1S/C20H21N3O4S/c1-12-9-13(5-8-17(12)26-3)16-11-28-20(22-16)23-19(24)21-15-7-6-14(25-2)10-18(15)27-4/h5-11H,1-4H3,(H2,21,22,23,24). The highest BCUT2D eigenvalue weighted by Gasteiger charge is 2.12. The predicted molar refractivity (Wildman–Crippen MR) is 111 cm³/mol. The van der Waals surface area contributed by atoms with Gasteiger partial charge in [0.2, 0.25) is 0 Å². The molecule has 1 aromatic heterocycles. The van der Waals surface area contributed by atoms with Crippen molar-refractivity contribution in [3.8, 4) is 28.5 Å². The number of thiazole rings is 1. The smallest absolute Gasteiger partial charge is 0.325 e. The summed E-state index contributed by atoms with van der Waals surface area (Å²) in [6, 6.07) is 10.6. The second kappa shape index (κ2) is 8.62. The summed E-state index contributed by atoms with van der Waals surface area (Å²) in [5, 5.41) is 7.89.